The minimum absolute atomic E-state index is 0.123. The third-order valence-electron chi connectivity index (χ3n) is 3.35. The second kappa shape index (κ2) is 6.62. The van der Waals surface area contributed by atoms with Crippen molar-refractivity contribution >= 4 is 35.1 Å². The van der Waals surface area contributed by atoms with Crippen LogP contribution in [0.5, 0.6) is 0 Å². The van der Waals surface area contributed by atoms with Crippen molar-refractivity contribution in [2.24, 2.45) is 0 Å². The number of anilines is 1. The van der Waals surface area contributed by atoms with Crippen molar-refractivity contribution < 1.29 is 9.21 Å². The van der Waals surface area contributed by atoms with Gasteiger partial charge < -0.3 is 9.73 Å². The molecule has 0 unspecified atom stereocenters. The fourth-order valence-corrected chi connectivity index (χ4v) is 5.14. The van der Waals surface area contributed by atoms with E-state index in [2.05, 4.69) is 17.4 Å². The van der Waals surface area contributed by atoms with Crippen LogP contribution in [0.3, 0.4) is 0 Å². The molecule has 1 aliphatic rings. The van der Waals surface area contributed by atoms with E-state index in [0.29, 0.717) is 15.9 Å². The van der Waals surface area contributed by atoms with Gasteiger partial charge in [-0.3, -0.25) is 4.79 Å². The molecule has 1 N–H and O–H groups in total. The van der Waals surface area contributed by atoms with E-state index in [0.717, 1.165) is 5.69 Å². The number of amides is 1. The summed E-state index contributed by atoms with van der Waals surface area (Å²) < 4.78 is 5.65. The van der Waals surface area contributed by atoms with E-state index >= 15 is 0 Å². The van der Waals surface area contributed by atoms with Crippen LogP contribution in [0.4, 0.5) is 5.69 Å². The van der Waals surface area contributed by atoms with Crippen molar-refractivity contribution in [3.63, 3.8) is 0 Å². The van der Waals surface area contributed by atoms with Crippen molar-refractivity contribution in [3.8, 4) is 0 Å². The molecule has 0 spiro atoms. The maximum atomic E-state index is 12.2. The van der Waals surface area contributed by atoms with Crippen LogP contribution in [0.25, 0.3) is 0 Å². The van der Waals surface area contributed by atoms with Crippen LogP contribution >= 0.6 is 23.5 Å². The van der Waals surface area contributed by atoms with E-state index in [1.165, 1.54) is 29.8 Å². The standard InChI is InChI=1S/C16H17NO2S2/c1-11-14(6-7-19-11)15(18)17-13-5-2-4-12(10-13)16-20-8-3-9-21-16/h2,4-7,10,16H,3,8-9H2,1H3,(H,17,18). The quantitative estimate of drug-likeness (QED) is 0.889. The largest absolute Gasteiger partial charge is 0.469 e. The Morgan fingerprint density at radius 3 is 2.81 bits per heavy atom. The zero-order valence-corrected chi connectivity index (χ0v) is 13.4. The van der Waals surface area contributed by atoms with Crippen molar-refractivity contribution in [3.05, 3.63) is 53.5 Å². The molecule has 1 aromatic carbocycles. The van der Waals surface area contributed by atoms with Gasteiger partial charge in [-0.05, 0) is 48.6 Å². The Bertz CT molecular complexity index is 633. The number of nitrogens with one attached hydrogen (secondary N) is 1. The van der Waals surface area contributed by atoms with Gasteiger partial charge in [0.05, 0.1) is 16.4 Å². The van der Waals surface area contributed by atoms with E-state index in [-0.39, 0.29) is 5.91 Å². The number of carbonyl (C=O) groups excluding carboxylic acids is 1. The molecule has 3 rings (SSSR count). The Balaban J connectivity index is 1.74. The fourth-order valence-electron chi connectivity index (χ4n) is 2.26. The zero-order chi connectivity index (χ0) is 14.7. The molecule has 110 valence electrons. The highest BCUT2D eigenvalue weighted by Crippen LogP contribution is 2.44. The highest BCUT2D eigenvalue weighted by Gasteiger charge is 2.17. The zero-order valence-electron chi connectivity index (χ0n) is 11.8. The first-order valence-corrected chi connectivity index (χ1v) is 9.02. The topological polar surface area (TPSA) is 42.2 Å². The molecular formula is C16H17NO2S2. The van der Waals surface area contributed by atoms with Crippen LogP contribution in [-0.4, -0.2) is 17.4 Å². The first-order chi connectivity index (χ1) is 10.2. The van der Waals surface area contributed by atoms with Gasteiger partial charge in [-0.2, -0.15) is 0 Å². The summed E-state index contributed by atoms with van der Waals surface area (Å²) in [6.07, 6.45) is 2.82. The molecule has 0 saturated carbocycles. The first-order valence-electron chi connectivity index (χ1n) is 6.92. The Hall–Kier alpha value is -1.33. The highest BCUT2D eigenvalue weighted by atomic mass is 32.2. The third kappa shape index (κ3) is 3.47. The summed E-state index contributed by atoms with van der Waals surface area (Å²) in [6, 6.07) is 9.83. The fraction of sp³-hybridized carbons (Fsp3) is 0.312. The smallest absolute Gasteiger partial charge is 0.259 e. The number of aryl methyl sites for hydroxylation is 1. The summed E-state index contributed by atoms with van der Waals surface area (Å²) in [5.74, 6) is 2.94. The molecule has 0 radical (unpaired) electrons. The van der Waals surface area contributed by atoms with Gasteiger partial charge in [0.15, 0.2) is 0 Å². The molecule has 5 heteroatoms. The van der Waals surface area contributed by atoms with Gasteiger partial charge in [0.2, 0.25) is 0 Å². The van der Waals surface area contributed by atoms with E-state index in [4.69, 9.17) is 4.42 Å². The van der Waals surface area contributed by atoms with Gasteiger partial charge in [-0.15, -0.1) is 23.5 Å². The Labute approximate surface area is 132 Å². The monoisotopic (exact) mass is 319 g/mol. The van der Waals surface area contributed by atoms with Crippen LogP contribution in [0.2, 0.25) is 0 Å². The lowest BCUT2D eigenvalue weighted by molar-refractivity contribution is 0.102. The summed E-state index contributed by atoms with van der Waals surface area (Å²) in [4.78, 5) is 12.2. The summed E-state index contributed by atoms with van der Waals surface area (Å²) in [7, 11) is 0. The summed E-state index contributed by atoms with van der Waals surface area (Å²) in [6.45, 7) is 1.79. The lowest BCUT2D eigenvalue weighted by atomic mass is 10.2. The third-order valence-corrected chi connectivity index (χ3v) is 6.36. The SMILES string of the molecule is Cc1occc1C(=O)Nc1cccc(C2SCCCS2)c1. The van der Waals surface area contributed by atoms with Gasteiger partial charge in [0, 0.05) is 5.69 Å². The van der Waals surface area contributed by atoms with Crippen LogP contribution in [0.1, 0.15) is 32.7 Å². The molecule has 21 heavy (non-hydrogen) atoms. The minimum atomic E-state index is -0.123. The molecule has 1 aromatic heterocycles. The predicted molar refractivity (Wildman–Crippen MR) is 90.1 cm³/mol. The molecule has 1 fully saturated rings. The lowest BCUT2D eigenvalue weighted by Crippen LogP contribution is -2.12. The van der Waals surface area contributed by atoms with Crippen molar-refractivity contribution in [2.45, 2.75) is 17.9 Å². The molecule has 0 bridgehead atoms. The maximum absolute atomic E-state index is 12.2. The Morgan fingerprint density at radius 2 is 2.10 bits per heavy atom. The number of carbonyl (C=O) groups is 1. The van der Waals surface area contributed by atoms with Gasteiger partial charge in [-0.25, -0.2) is 0 Å². The molecule has 2 aromatic rings. The molecule has 2 heterocycles. The van der Waals surface area contributed by atoms with Crippen molar-refractivity contribution in [1.29, 1.82) is 0 Å². The summed E-state index contributed by atoms with van der Waals surface area (Å²) in [5.41, 5.74) is 2.69. The minimum Gasteiger partial charge on any atom is -0.469 e. The second-order valence-corrected chi connectivity index (χ2v) is 7.62. The molecule has 0 aliphatic carbocycles. The summed E-state index contributed by atoms with van der Waals surface area (Å²) in [5, 5.41) is 2.95. The summed E-state index contributed by atoms with van der Waals surface area (Å²) >= 11 is 3.96. The second-order valence-electron chi connectivity index (χ2n) is 4.90. The number of hydrogen-bond acceptors (Lipinski definition) is 4. The van der Waals surface area contributed by atoms with Gasteiger partial charge >= 0.3 is 0 Å². The van der Waals surface area contributed by atoms with Gasteiger partial charge in [-0.1, -0.05) is 12.1 Å². The van der Waals surface area contributed by atoms with Crippen LogP contribution < -0.4 is 5.32 Å². The van der Waals surface area contributed by atoms with E-state index in [9.17, 15) is 4.79 Å². The molecular weight excluding hydrogens is 302 g/mol. The Morgan fingerprint density at radius 1 is 1.29 bits per heavy atom. The molecule has 0 atom stereocenters. The molecule has 1 amide bonds. The molecule has 1 aliphatic heterocycles. The van der Waals surface area contributed by atoms with Crippen molar-refractivity contribution in [1.82, 2.24) is 0 Å². The van der Waals surface area contributed by atoms with Gasteiger partial charge in [0.25, 0.3) is 5.91 Å². The normalized spacial score (nSPS) is 15.9. The number of rotatable bonds is 3. The van der Waals surface area contributed by atoms with E-state index < -0.39 is 0 Å². The number of thioether (sulfide) groups is 2. The maximum Gasteiger partial charge on any atom is 0.259 e. The van der Waals surface area contributed by atoms with Crippen molar-refractivity contribution in [2.75, 3.05) is 16.8 Å². The number of furan rings is 1. The van der Waals surface area contributed by atoms with Crippen LogP contribution in [-0.2, 0) is 0 Å². The predicted octanol–water partition coefficient (Wildman–Crippen LogP) is 4.71. The Kier molecular flexibility index (Phi) is 4.60. The van der Waals surface area contributed by atoms with E-state index in [1.54, 1.807) is 13.0 Å². The van der Waals surface area contributed by atoms with Crippen LogP contribution in [0, 0.1) is 6.92 Å². The van der Waals surface area contributed by atoms with Crippen LogP contribution in [0.15, 0.2) is 41.0 Å². The lowest BCUT2D eigenvalue weighted by Gasteiger charge is -2.21. The van der Waals surface area contributed by atoms with E-state index in [1.807, 2.05) is 35.7 Å². The average Bonchev–Trinajstić information content (AvgIpc) is 2.95. The molecule has 3 nitrogen and oxygen atoms in total. The average molecular weight is 319 g/mol. The van der Waals surface area contributed by atoms with Gasteiger partial charge in [0.1, 0.15) is 5.76 Å². The number of benzene rings is 1. The highest BCUT2D eigenvalue weighted by molar-refractivity contribution is 8.16. The first kappa shape index (κ1) is 14.6. The number of hydrogen-bond donors (Lipinski definition) is 1. The molecule has 1 saturated heterocycles.